The maximum atomic E-state index is 6.12. The molecule has 5 heteroatoms. The number of hydrogen-bond donors (Lipinski definition) is 1. The summed E-state index contributed by atoms with van der Waals surface area (Å²) in [6, 6.07) is 2.09. The number of hydrogen-bond acceptors (Lipinski definition) is 4. The zero-order valence-electron chi connectivity index (χ0n) is 9.37. The molecule has 2 aromatic heterocycles. The van der Waals surface area contributed by atoms with Crippen LogP contribution in [0.5, 0.6) is 0 Å². The maximum absolute atomic E-state index is 6.12. The number of aromatic nitrogens is 1. The summed E-state index contributed by atoms with van der Waals surface area (Å²) in [6.45, 7) is 6.05. The van der Waals surface area contributed by atoms with Gasteiger partial charge in [0.05, 0.1) is 10.6 Å². The fourth-order valence-corrected chi connectivity index (χ4v) is 4.10. The van der Waals surface area contributed by atoms with E-state index in [-0.39, 0.29) is 5.54 Å². The lowest BCUT2D eigenvalue weighted by Crippen LogP contribution is -2.28. The number of halogens is 1. The summed E-state index contributed by atoms with van der Waals surface area (Å²) in [4.78, 5) is 6.94. The van der Waals surface area contributed by atoms with Crippen molar-refractivity contribution in [3.8, 4) is 9.88 Å². The Balaban J connectivity index is 2.46. The molecule has 0 atom stereocenters. The van der Waals surface area contributed by atoms with Gasteiger partial charge in [-0.2, -0.15) is 0 Å². The van der Waals surface area contributed by atoms with Crippen LogP contribution < -0.4 is 5.73 Å². The molecule has 2 heterocycles. The summed E-state index contributed by atoms with van der Waals surface area (Å²) < 4.78 is 1.11. The van der Waals surface area contributed by atoms with Crippen molar-refractivity contribution in [2.45, 2.75) is 26.3 Å². The van der Waals surface area contributed by atoms with Crippen LogP contribution in [0.3, 0.4) is 0 Å². The van der Waals surface area contributed by atoms with Crippen LogP contribution in [0.25, 0.3) is 9.88 Å². The lowest BCUT2D eigenvalue weighted by molar-refractivity contribution is 0.562. The second-order valence-electron chi connectivity index (χ2n) is 4.28. The Morgan fingerprint density at radius 1 is 1.44 bits per heavy atom. The first-order valence-corrected chi connectivity index (χ1v) is 7.38. The van der Waals surface area contributed by atoms with Crippen molar-refractivity contribution >= 4 is 38.6 Å². The molecule has 0 aliphatic carbocycles. The molecule has 16 heavy (non-hydrogen) atoms. The standard InChI is InChI=1S/C11H13BrN2S2/c1-6-9(11(2,3)13)16-10(14-6)8-4-7(12)5-15-8/h4-5H,13H2,1-3H3. The normalized spacial score (nSPS) is 12.1. The molecular weight excluding hydrogens is 304 g/mol. The monoisotopic (exact) mass is 316 g/mol. The van der Waals surface area contributed by atoms with Gasteiger partial charge < -0.3 is 5.73 Å². The van der Waals surface area contributed by atoms with Crippen molar-refractivity contribution in [2.24, 2.45) is 5.73 Å². The molecule has 0 saturated carbocycles. The number of nitrogens with two attached hydrogens (primary N) is 1. The van der Waals surface area contributed by atoms with Crippen LogP contribution in [0.1, 0.15) is 24.4 Å². The van der Waals surface area contributed by atoms with Gasteiger partial charge in [-0.15, -0.1) is 22.7 Å². The highest BCUT2D eigenvalue weighted by Crippen LogP contribution is 2.37. The minimum atomic E-state index is -0.311. The van der Waals surface area contributed by atoms with Crippen molar-refractivity contribution in [3.05, 3.63) is 26.5 Å². The van der Waals surface area contributed by atoms with Gasteiger partial charge in [0.2, 0.25) is 0 Å². The van der Waals surface area contributed by atoms with Crippen LogP contribution in [0.15, 0.2) is 15.9 Å². The third-order valence-corrected chi connectivity index (χ3v) is 5.52. The van der Waals surface area contributed by atoms with Crippen LogP contribution >= 0.6 is 38.6 Å². The second kappa shape index (κ2) is 4.22. The van der Waals surface area contributed by atoms with Crippen LogP contribution in [0, 0.1) is 6.92 Å². The Morgan fingerprint density at radius 3 is 2.56 bits per heavy atom. The average Bonchev–Trinajstić information content (AvgIpc) is 2.70. The number of rotatable bonds is 2. The van der Waals surface area contributed by atoms with Crippen molar-refractivity contribution in [1.29, 1.82) is 0 Å². The molecule has 0 radical (unpaired) electrons. The lowest BCUT2D eigenvalue weighted by Gasteiger charge is -2.16. The third-order valence-electron chi connectivity index (χ3n) is 2.16. The first-order valence-electron chi connectivity index (χ1n) is 4.89. The second-order valence-corrected chi connectivity index (χ2v) is 7.11. The van der Waals surface area contributed by atoms with Crippen molar-refractivity contribution < 1.29 is 0 Å². The molecule has 0 fully saturated rings. The highest BCUT2D eigenvalue weighted by Gasteiger charge is 2.22. The predicted octanol–water partition coefficient (Wildman–Crippen LogP) is 4.14. The molecule has 2 nitrogen and oxygen atoms in total. The first kappa shape index (κ1) is 12.2. The fraction of sp³-hybridized carbons (Fsp3) is 0.364. The third kappa shape index (κ3) is 2.37. The Hall–Kier alpha value is -0.230. The molecule has 0 bridgehead atoms. The summed E-state index contributed by atoms with van der Waals surface area (Å²) in [5.41, 5.74) is 6.85. The van der Waals surface area contributed by atoms with Gasteiger partial charge in [0.15, 0.2) is 0 Å². The highest BCUT2D eigenvalue weighted by atomic mass is 79.9. The van der Waals surface area contributed by atoms with E-state index >= 15 is 0 Å². The Kier molecular flexibility index (Phi) is 3.22. The van der Waals surface area contributed by atoms with Gasteiger partial charge in [-0.25, -0.2) is 4.98 Å². The van der Waals surface area contributed by atoms with Gasteiger partial charge in [-0.1, -0.05) is 0 Å². The zero-order chi connectivity index (χ0) is 11.9. The number of thiophene rings is 1. The predicted molar refractivity (Wildman–Crippen MR) is 75.1 cm³/mol. The molecule has 86 valence electrons. The van der Waals surface area contributed by atoms with Gasteiger partial charge in [0, 0.05) is 20.3 Å². The summed E-state index contributed by atoms with van der Waals surface area (Å²) in [6.07, 6.45) is 0. The topological polar surface area (TPSA) is 38.9 Å². The van der Waals surface area contributed by atoms with E-state index in [4.69, 9.17) is 5.73 Å². The van der Waals surface area contributed by atoms with Crippen molar-refractivity contribution in [1.82, 2.24) is 4.98 Å². The Labute approximate surface area is 112 Å². The maximum Gasteiger partial charge on any atom is 0.133 e. The van der Waals surface area contributed by atoms with E-state index in [1.807, 2.05) is 20.8 Å². The molecule has 0 spiro atoms. The van der Waals surface area contributed by atoms with Gasteiger partial charge >= 0.3 is 0 Å². The minimum Gasteiger partial charge on any atom is -0.321 e. The zero-order valence-corrected chi connectivity index (χ0v) is 12.6. The number of thiazole rings is 1. The van der Waals surface area contributed by atoms with Crippen LogP contribution in [0.2, 0.25) is 0 Å². The molecule has 2 aromatic rings. The summed E-state index contributed by atoms with van der Waals surface area (Å²) >= 11 is 6.84. The van der Waals surface area contributed by atoms with Crippen LogP contribution in [-0.4, -0.2) is 4.98 Å². The Bertz CT molecular complexity index is 508. The van der Waals surface area contributed by atoms with Gasteiger partial charge in [-0.05, 0) is 42.8 Å². The first-order chi connectivity index (χ1) is 7.38. The summed E-state index contributed by atoms with van der Waals surface area (Å²) in [7, 11) is 0. The molecule has 0 aliphatic heterocycles. The lowest BCUT2D eigenvalue weighted by atomic mass is 10.0. The fourth-order valence-electron chi connectivity index (χ4n) is 1.52. The molecule has 0 unspecified atom stereocenters. The van der Waals surface area contributed by atoms with Crippen molar-refractivity contribution in [2.75, 3.05) is 0 Å². The molecule has 0 amide bonds. The summed E-state index contributed by atoms with van der Waals surface area (Å²) in [5.74, 6) is 0. The van der Waals surface area contributed by atoms with E-state index in [9.17, 15) is 0 Å². The van der Waals surface area contributed by atoms with E-state index in [0.29, 0.717) is 0 Å². The van der Waals surface area contributed by atoms with E-state index in [1.165, 1.54) is 4.88 Å². The molecule has 0 aromatic carbocycles. The van der Waals surface area contributed by atoms with Gasteiger partial charge in [0.1, 0.15) is 5.01 Å². The van der Waals surface area contributed by atoms with Crippen molar-refractivity contribution in [3.63, 3.8) is 0 Å². The largest absolute Gasteiger partial charge is 0.321 e. The highest BCUT2D eigenvalue weighted by molar-refractivity contribution is 9.10. The van der Waals surface area contributed by atoms with E-state index in [2.05, 4.69) is 32.4 Å². The summed E-state index contributed by atoms with van der Waals surface area (Å²) in [5, 5.41) is 3.13. The Morgan fingerprint density at radius 2 is 2.12 bits per heavy atom. The minimum absolute atomic E-state index is 0.311. The van der Waals surface area contributed by atoms with E-state index < -0.39 is 0 Å². The molecule has 0 aliphatic rings. The van der Waals surface area contributed by atoms with Crippen LogP contribution in [0.4, 0.5) is 0 Å². The molecular formula is C11H13BrN2S2. The van der Waals surface area contributed by atoms with Crippen LogP contribution in [-0.2, 0) is 5.54 Å². The average molecular weight is 317 g/mol. The number of aryl methyl sites for hydroxylation is 1. The van der Waals surface area contributed by atoms with E-state index in [0.717, 1.165) is 20.1 Å². The molecule has 2 rings (SSSR count). The molecule has 0 saturated heterocycles. The number of nitrogens with zero attached hydrogens (tertiary/aromatic N) is 1. The van der Waals surface area contributed by atoms with E-state index in [1.54, 1.807) is 22.7 Å². The van der Waals surface area contributed by atoms with Gasteiger partial charge in [-0.3, -0.25) is 0 Å². The molecule has 2 N–H and O–H groups in total. The SMILES string of the molecule is Cc1nc(-c2cc(Br)cs2)sc1C(C)(C)N. The smallest absolute Gasteiger partial charge is 0.133 e. The van der Waals surface area contributed by atoms with Gasteiger partial charge in [0.25, 0.3) is 0 Å². The quantitative estimate of drug-likeness (QED) is 0.904.